The molecule has 0 heterocycles. The molecule has 184 valence electrons. The van der Waals surface area contributed by atoms with Crippen molar-refractivity contribution in [2.24, 2.45) is 4.36 Å². The molecule has 0 radical (unpaired) electrons. The number of aryl methyl sites for hydroxylation is 1. The number of nitrogens with zero attached hydrogens (tertiary/aromatic N) is 1. The largest absolute Gasteiger partial charge is 0.497 e. The maximum Gasteiger partial charge on any atom is 0.440 e. The molecular weight excluding hydrogens is 462 g/mol. The summed E-state index contributed by atoms with van der Waals surface area (Å²) in [5.74, 6) is 1.08. The van der Waals surface area contributed by atoms with Crippen LogP contribution in [0.25, 0.3) is 0 Å². The van der Waals surface area contributed by atoms with Crippen LogP contribution < -0.4 is 4.74 Å². The molecule has 2 atom stereocenters. The minimum atomic E-state index is -0.858. The van der Waals surface area contributed by atoms with Gasteiger partial charge in [0.25, 0.3) is 0 Å². The number of ether oxygens (including phenoxy) is 3. The van der Waals surface area contributed by atoms with E-state index < -0.39 is 22.9 Å². The van der Waals surface area contributed by atoms with Crippen molar-refractivity contribution in [2.45, 2.75) is 31.1 Å². The van der Waals surface area contributed by atoms with Crippen molar-refractivity contribution < 1.29 is 24.1 Å². The van der Waals surface area contributed by atoms with Gasteiger partial charge < -0.3 is 19.3 Å². The molecule has 3 rings (SSSR count). The lowest BCUT2D eigenvalue weighted by Crippen LogP contribution is -2.16. The molecule has 0 saturated carbocycles. The molecule has 0 aliphatic heterocycles. The quantitative estimate of drug-likeness (QED) is 0.276. The van der Waals surface area contributed by atoms with E-state index in [4.69, 9.17) is 14.2 Å². The molecule has 0 aliphatic carbocycles. The van der Waals surface area contributed by atoms with Crippen LogP contribution in [0, 0.1) is 6.92 Å². The molecule has 7 heteroatoms. The van der Waals surface area contributed by atoms with Gasteiger partial charge in [-0.05, 0) is 42.3 Å². The van der Waals surface area contributed by atoms with Crippen LogP contribution in [0.4, 0.5) is 4.79 Å². The second kappa shape index (κ2) is 14.2. The van der Waals surface area contributed by atoms with Gasteiger partial charge in [0.05, 0.1) is 26.4 Å². The minimum absolute atomic E-state index is 0.155. The van der Waals surface area contributed by atoms with Crippen molar-refractivity contribution in [3.63, 3.8) is 0 Å². The Morgan fingerprint density at radius 1 is 0.971 bits per heavy atom. The summed E-state index contributed by atoms with van der Waals surface area (Å²) in [5, 5.41) is 10.6. The standard InChI is InChI=1S/C28H31NO5S/c1-22-10-16-27(17-11-22)35(29-28(31)34-20-23-7-4-3-5-8-23)21-25(30)9-6-18-33-19-24-12-14-26(32-2)15-13-24/h3-17,25,30H,18-21H2,1-2H3/b9-6+/t25-,35-/m0/s1. The molecular formula is C28H31NO5S. The third kappa shape index (κ3) is 9.48. The third-order valence-electron chi connectivity index (χ3n) is 5.01. The summed E-state index contributed by atoms with van der Waals surface area (Å²) in [4.78, 5) is 13.3. The molecule has 0 fully saturated rings. The number of amides is 1. The van der Waals surface area contributed by atoms with Gasteiger partial charge in [0.2, 0.25) is 0 Å². The number of aliphatic hydroxyl groups is 1. The number of hydrogen-bond acceptors (Lipinski definition) is 5. The first kappa shape index (κ1) is 26.3. The van der Waals surface area contributed by atoms with Gasteiger partial charge >= 0.3 is 6.09 Å². The highest BCUT2D eigenvalue weighted by Crippen LogP contribution is 2.14. The highest BCUT2D eigenvalue weighted by molar-refractivity contribution is 7.87. The van der Waals surface area contributed by atoms with Crippen LogP contribution in [-0.4, -0.2) is 36.8 Å². The Morgan fingerprint density at radius 3 is 2.34 bits per heavy atom. The number of hydrogen-bond donors (Lipinski definition) is 1. The topological polar surface area (TPSA) is 77.4 Å². The lowest BCUT2D eigenvalue weighted by atomic mass is 10.2. The zero-order valence-corrected chi connectivity index (χ0v) is 20.8. The van der Waals surface area contributed by atoms with Crippen molar-refractivity contribution in [2.75, 3.05) is 19.5 Å². The van der Waals surface area contributed by atoms with E-state index in [0.29, 0.717) is 13.2 Å². The van der Waals surface area contributed by atoms with Crippen LogP contribution in [-0.2, 0) is 33.4 Å². The molecule has 3 aromatic rings. The Labute approximate surface area is 209 Å². The average molecular weight is 494 g/mol. The fraction of sp³-hybridized carbons (Fsp3) is 0.250. The van der Waals surface area contributed by atoms with Gasteiger partial charge in [-0.25, -0.2) is 4.79 Å². The normalized spacial score (nSPS) is 13.0. The Kier molecular flexibility index (Phi) is 10.7. The van der Waals surface area contributed by atoms with Crippen LogP contribution in [0.1, 0.15) is 16.7 Å². The fourth-order valence-corrected chi connectivity index (χ4v) is 4.60. The number of rotatable bonds is 11. The molecule has 0 saturated heterocycles. The van der Waals surface area contributed by atoms with E-state index in [2.05, 4.69) is 4.36 Å². The Bertz CT molecular complexity index is 1110. The number of aliphatic hydroxyl groups excluding tert-OH is 1. The van der Waals surface area contributed by atoms with Gasteiger partial charge in [0, 0.05) is 10.6 Å². The van der Waals surface area contributed by atoms with Crippen LogP contribution in [0.3, 0.4) is 0 Å². The summed E-state index contributed by atoms with van der Waals surface area (Å²) in [5.41, 5.74) is 3.04. The Hall–Kier alpha value is -3.26. The van der Waals surface area contributed by atoms with E-state index in [0.717, 1.165) is 27.3 Å². The molecule has 0 unspecified atom stereocenters. The predicted molar refractivity (Wildman–Crippen MR) is 139 cm³/mol. The maximum atomic E-state index is 12.4. The average Bonchev–Trinajstić information content (AvgIpc) is 2.88. The smallest absolute Gasteiger partial charge is 0.440 e. The predicted octanol–water partition coefficient (Wildman–Crippen LogP) is 5.64. The number of benzene rings is 3. The molecule has 0 bridgehead atoms. The monoisotopic (exact) mass is 493 g/mol. The van der Waals surface area contributed by atoms with E-state index in [1.807, 2.05) is 85.8 Å². The summed E-state index contributed by atoms with van der Waals surface area (Å²) in [6, 6.07) is 24.9. The van der Waals surface area contributed by atoms with Gasteiger partial charge in [0.15, 0.2) is 0 Å². The summed E-state index contributed by atoms with van der Waals surface area (Å²) >= 11 is 0. The van der Waals surface area contributed by atoms with E-state index >= 15 is 0 Å². The molecule has 1 N–H and O–H groups in total. The van der Waals surface area contributed by atoms with Crippen LogP contribution in [0.2, 0.25) is 0 Å². The highest BCUT2D eigenvalue weighted by Gasteiger charge is 2.11. The van der Waals surface area contributed by atoms with E-state index in [1.54, 1.807) is 19.3 Å². The maximum absolute atomic E-state index is 12.4. The summed E-state index contributed by atoms with van der Waals surface area (Å²) in [6.07, 6.45) is 2.03. The second-order valence-electron chi connectivity index (χ2n) is 7.83. The minimum Gasteiger partial charge on any atom is -0.497 e. The molecule has 6 nitrogen and oxygen atoms in total. The zero-order valence-electron chi connectivity index (χ0n) is 20.0. The van der Waals surface area contributed by atoms with Crippen molar-refractivity contribution in [1.29, 1.82) is 0 Å². The summed E-state index contributed by atoms with van der Waals surface area (Å²) in [7, 11) is 0.774. The molecule has 0 spiro atoms. The number of methoxy groups -OCH3 is 1. The summed E-state index contributed by atoms with van der Waals surface area (Å²) < 4.78 is 20.4. The first-order chi connectivity index (χ1) is 17.0. The lowest BCUT2D eigenvalue weighted by molar-refractivity contribution is 0.147. The van der Waals surface area contributed by atoms with Crippen molar-refractivity contribution in [3.05, 3.63) is 108 Å². The first-order valence-electron chi connectivity index (χ1n) is 11.3. The zero-order chi connectivity index (χ0) is 24.9. The Balaban J connectivity index is 1.55. The van der Waals surface area contributed by atoms with Crippen LogP contribution in [0.5, 0.6) is 5.75 Å². The number of carbonyl (C=O) groups is 1. The molecule has 1 amide bonds. The van der Waals surface area contributed by atoms with Gasteiger partial charge in [-0.15, -0.1) is 4.36 Å². The first-order valence-corrected chi connectivity index (χ1v) is 12.6. The molecule has 3 aromatic carbocycles. The number of carbonyl (C=O) groups excluding carboxylic acids is 1. The van der Waals surface area contributed by atoms with Crippen molar-refractivity contribution >= 4 is 16.8 Å². The SMILES string of the molecule is COc1ccc(COC/C=C/[C@H](O)C/[S@](=N\C(=O)OCc2ccccc2)c2ccc(C)cc2)cc1. The third-order valence-corrected chi connectivity index (χ3v) is 6.85. The summed E-state index contributed by atoms with van der Waals surface area (Å²) in [6.45, 7) is 2.97. The van der Waals surface area contributed by atoms with Gasteiger partial charge in [-0.2, -0.15) is 0 Å². The van der Waals surface area contributed by atoms with E-state index in [1.165, 1.54) is 0 Å². The van der Waals surface area contributed by atoms with Crippen LogP contribution in [0.15, 0.2) is 100 Å². The Morgan fingerprint density at radius 2 is 1.66 bits per heavy atom. The van der Waals surface area contributed by atoms with Gasteiger partial charge in [0.1, 0.15) is 12.4 Å². The van der Waals surface area contributed by atoms with E-state index in [9.17, 15) is 9.90 Å². The van der Waals surface area contributed by atoms with E-state index in [-0.39, 0.29) is 12.4 Å². The molecule has 0 aliphatic rings. The fourth-order valence-electron chi connectivity index (χ4n) is 3.11. The molecule has 0 aromatic heterocycles. The highest BCUT2D eigenvalue weighted by atomic mass is 32.2. The molecule has 35 heavy (non-hydrogen) atoms. The van der Waals surface area contributed by atoms with Gasteiger partial charge in [-0.3, -0.25) is 0 Å². The van der Waals surface area contributed by atoms with Crippen LogP contribution >= 0.6 is 0 Å². The van der Waals surface area contributed by atoms with Crippen molar-refractivity contribution in [3.8, 4) is 5.75 Å². The van der Waals surface area contributed by atoms with Gasteiger partial charge in [-0.1, -0.05) is 83.0 Å². The lowest BCUT2D eigenvalue weighted by Gasteiger charge is -2.12. The second-order valence-corrected chi connectivity index (χ2v) is 9.55. The van der Waals surface area contributed by atoms with Crippen molar-refractivity contribution in [1.82, 2.24) is 0 Å².